The molecule has 1 aromatic carbocycles. The lowest BCUT2D eigenvalue weighted by Gasteiger charge is -2.20. The second kappa shape index (κ2) is 6.42. The minimum Gasteiger partial charge on any atom is -0.327 e. The number of benzene rings is 1. The smallest absolute Gasteiger partial charge is 0.258 e. The summed E-state index contributed by atoms with van der Waals surface area (Å²) < 4.78 is 0. The second-order valence-electron chi connectivity index (χ2n) is 6.20. The predicted octanol–water partition coefficient (Wildman–Crippen LogP) is 2.54. The molecule has 0 bridgehead atoms. The number of aromatic nitrogens is 1. The number of fused-ring (bicyclic) bond motifs is 2. The summed E-state index contributed by atoms with van der Waals surface area (Å²) in [7, 11) is 0. The van der Waals surface area contributed by atoms with Gasteiger partial charge in [0.05, 0.1) is 16.8 Å². The van der Waals surface area contributed by atoms with E-state index in [4.69, 9.17) is 11.6 Å². The first-order valence-electron chi connectivity index (χ1n) is 8.22. The third kappa shape index (κ3) is 2.80. The fourth-order valence-electron chi connectivity index (χ4n) is 3.31. The molecule has 2 aliphatic rings. The summed E-state index contributed by atoms with van der Waals surface area (Å²) in [5.41, 5.74) is 1.49. The highest BCUT2D eigenvalue weighted by Gasteiger charge is 2.38. The molecule has 1 atom stereocenters. The van der Waals surface area contributed by atoms with E-state index in [2.05, 4.69) is 15.6 Å². The molecular weight excluding hydrogens is 356 g/mol. The second-order valence-corrected chi connectivity index (χ2v) is 6.56. The monoisotopic (exact) mass is 370 g/mol. The van der Waals surface area contributed by atoms with Crippen LogP contribution in [0.5, 0.6) is 0 Å². The number of amides is 3. The number of nitrogens with one attached hydrogen (secondary N) is 2. The van der Waals surface area contributed by atoms with Crippen molar-refractivity contribution in [3.05, 3.63) is 52.8 Å². The van der Waals surface area contributed by atoms with E-state index < -0.39 is 11.9 Å². The van der Waals surface area contributed by atoms with Gasteiger partial charge in [0, 0.05) is 18.4 Å². The number of halogens is 1. The molecule has 1 aromatic heterocycles. The van der Waals surface area contributed by atoms with Crippen molar-refractivity contribution in [1.29, 1.82) is 0 Å². The molecule has 1 fully saturated rings. The molecule has 132 valence electrons. The summed E-state index contributed by atoms with van der Waals surface area (Å²) >= 11 is 5.94. The first kappa shape index (κ1) is 16.5. The Morgan fingerprint density at radius 1 is 1.31 bits per heavy atom. The van der Waals surface area contributed by atoms with Crippen molar-refractivity contribution >= 4 is 40.7 Å². The van der Waals surface area contributed by atoms with Crippen LogP contribution in [0.2, 0.25) is 5.15 Å². The Balaban J connectivity index is 1.64. The quantitative estimate of drug-likeness (QED) is 0.795. The highest BCUT2D eigenvalue weighted by Crippen LogP contribution is 2.30. The van der Waals surface area contributed by atoms with Gasteiger partial charge in [-0.2, -0.15) is 0 Å². The number of carbonyl (C=O) groups is 3. The van der Waals surface area contributed by atoms with Crippen molar-refractivity contribution in [3.8, 4) is 0 Å². The van der Waals surface area contributed by atoms with Crippen molar-refractivity contribution in [1.82, 2.24) is 9.88 Å². The summed E-state index contributed by atoms with van der Waals surface area (Å²) in [5, 5.41) is 5.61. The zero-order valence-corrected chi connectivity index (χ0v) is 14.4. The maximum atomic E-state index is 12.8. The zero-order valence-electron chi connectivity index (χ0n) is 13.7. The molecule has 4 rings (SSSR count). The lowest BCUT2D eigenvalue weighted by atomic mass is 10.1. The molecule has 3 heterocycles. The number of carbonyl (C=O) groups excluding carboxylic acids is 3. The van der Waals surface area contributed by atoms with Crippen molar-refractivity contribution < 1.29 is 14.4 Å². The highest BCUT2D eigenvalue weighted by molar-refractivity contribution is 6.33. The standard InChI is InChI=1S/C18H15ClN4O3/c19-15-11(3-1-7-20-15)16(24)21-10-5-6-13-12(9-10)18(26)23-8-2-4-14(23)17(25)22-13/h1,3,5-7,9,14H,2,4,8H2,(H,21,24)(H,22,25)/t14-/m1/s1. The van der Waals surface area contributed by atoms with Crippen molar-refractivity contribution in [2.24, 2.45) is 0 Å². The van der Waals surface area contributed by atoms with Gasteiger partial charge in [0.2, 0.25) is 5.91 Å². The summed E-state index contributed by atoms with van der Waals surface area (Å²) in [6.45, 7) is 0.554. The van der Waals surface area contributed by atoms with E-state index in [1.165, 1.54) is 6.20 Å². The SMILES string of the molecule is O=C(Nc1ccc2c(c1)C(=O)N1CCC[C@@H]1C(=O)N2)c1cccnc1Cl. The van der Waals surface area contributed by atoms with Gasteiger partial charge in [-0.05, 0) is 43.2 Å². The molecule has 0 aliphatic carbocycles. The third-order valence-corrected chi connectivity index (χ3v) is 4.89. The molecule has 0 saturated carbocycles. The van der Waals surface area contributed by atoms with E-state index in [9.17, 15) is 14.4 Å². The van der Waals surface area contributed by atoms with Gasteiger partial charge in [-0.15, -0.1) is 0 Å². The molecule has 0 radical (unpaired) electrons. The van der Waals surface area contributed by atoms with Gasteiger partial charge in [-0.1, -0.05) is 11.6 Å². The van der Waals surface area contributed by atoms with Gasteiger partial charge in [0.1, 0.15) is 11.2 Å². The van der Waals surface area contributed by atoms with Crippen LogP contribution in [0.3, 0.4) is 0 Å². The summed E-state index contributed by atoms with van der Waals surface area (Å²) in [5.74, 6) is -0.808. The highest BCUT2D eigenvalue weighted by atomic mass is 35.5. The molecule has 1 saturated heterocycles. The minimum atomic E-state index is -0.429. The molecule has 0 spiro atoms. The summed E-state index contributed by atoms with van der Waals surface area (Å²) in [6, 6.07) is 7.57. The van der Waals surface area contributed by atoms with E-state index in [0.29, 0.717) is 29.9 Å². The summed E-state index contributed by atoms with van der Waals surface area (Å²) in [6.07, 6.45) is 2.96. The van der Waals surface area contributed by atoms with Gasteiger partial charge in [0.25, 0.3) is 11.8 Å². The normalized spacial score (nSPS) is 18.7. The minimum absolute atomic E-state index is 0.100. The number of hydrogen-bond acceptors (Lipinski definition) is 4. The molecule has 2 N–H and O–H groups in total. The van der Waals surface area contributed by atoms with Crippen molar-refractivity contribution in [3.63, 3.8) is 0 Å². The van der Waals surface area contributed by atoms with Crippen LogP contribution < -0.4 is 10.6 Å². The zero-order chi connectivity index (χ0) is 18.3. The molecular formula is C18H15ClN4O3. The maximum Gasteiger partial charge on any atom is 0.258 e. The molecule has 2 aromatic rings. The number of anilines is 2. The number of rotatable bonds is 2. The molecule has 3 amide bonds. The largest absolute Gasteiger partial charge is 0.327 e. The number of hydrogen-bond donors (Lipinski definition) is 2. The molecule has 2 aliphatic heterocycles. The van der Waals surface area contributed by atoms with Crippen LogP contribution in [-0.4, -0.2) is 40.2 Å². The maximum absolute atomic E-state index is 12.8. The van der Waals surface area contributed by atoms with Crippen molar-refractivity contribution in [2.75, 3.05) is 17.2 Å². The summed E-state index contributed by atoms with van der Waals surface area (Å²) in [4.78, 5) is 43.0. The van der Waals surface area contributed by atoms with Crippen molar-refractivity contribution in [2.45, 2.75) is 18.9 Å². The first-order chi connectivity index (χ1) is 12.5. The Morgan fingerprint density at radius 3 is 2.96 bits per heavy atom. The van der Waals surface area contributed by atoms with Gasteiger partial charge >= 0.3 is 0 Å². The topological polar surface area (TPSA) is 91.4 Å². The molecule has 8 heteroatoms. The average Bonchev–Trinajstić information content (AvgIpc) is 3.09. The van der Waals surface area contributed by atoms with Gasteiger partial charge in [-0.25, -0.2) is 4.98 Å². The van der Waals surface area contributed by atoms with E-state index in [-0.39, 0.29) is 22.5 Å². The van der Waals surface area contributed by atoms with Gasteiger partial charge in [0.15, 0.2) is 0 Å². The lowest BCUT2D eigenvalue weighted by Crippen LogP contribution is -2.40. The Morgan fingerprint density at radius 2 is 2.15 bits per heavy atom. The van der Waals surface area contributed by atoms with E-state index in [0.717, 1.165) is 6.42 Å². The van der Waals surface area contributed by atoms with E-state index >= 15 is 0 Å². The van der Waals surface area contributed by atoms with Crippen LogP contribution >= 0.6 is 11.6 Å². The van der Waals surface area contributed by atoms with Gasteiger partial charge in [-0.3, -0.25) is 14.4 Å². The average molecular weight is 371 g/mol. The van der Waals surface area contributed by atoms with E-state index in [1.807, 2.05) is 0 Å². The molecule has 7 nitrogen and oxygen atoms in total. The van der Waals surface area contributed by atoms with Gasteiger partial charge < -0.3 is 15.5 Å². The van der Waals surface area contributed by atoms with Crippen LogP contribution in [0, 0.1) is 0 Å². The molecule has 26 heavy (non-hydrogen) atoms. The number of pyridine rings is 1. The predicted molar refractivity (Wildman–Crippen MR) is 96.3 cm³/mol. The van der Waals surface area contributed by atoms with Crippen LogP contribution in [0.1, 0.15) is 33.6 Å². The Labute approximate surface area is 154 Å². The Kier molecular flexibility index (Phi) is 4.08. The van der Waals surface area contributed by atoms with Crippen LogP contribution in [0.25, 0.3) is 0 Å². The lowest BCUT2D eigenvalue weighted by molar-refractivity contribution is -0.119. The Hall–Kier alpha value is -2.93. The van der Waals surface area contributed by atoms with Crippen LogP contribution in [-0.2, 0) is 4.79 Å². The first-order valence-corrected chi connectivity index (χ1v) is 8.60. The Bertz CT molecular complexity index is 930. The molecule has 0 unspecified atom stereocenters. The third-order valence-electron chi connectivity index (χ3n) is 4.59. The van der Waals surface area contributed by atoms with Crippen LogP contribution in [0.4, 0.5) is 11.4 Å². The fraction of sp³-hybridized carbons (Fsp3) is 0.222. The number of nitrogens with zero attached hydrogens (tertiary/aromatic N) is 2. The fourth-order valence-corrected chi connectivity index (χ4v) is 3.52. The van der Waals surface area contributed by atoms with E-state index in [1.54, 1.807) is 35.2 Å². The van der Waals surface area contributed by atoms with Crippen LogP contribution in [0.15, 0.2) is 36.5 Å².